The molecule has 4 nitrogen and oxygen atoms in total. The number of amides is 1. The van der Waals surface area contributed by atoms with E-state index in [4.69, 9.17) is 23.2 Å². The van der Waals surface area contributed by atoms with Crippen LogP contribution in [0.1, 0.15) is 10.4 Å². The monoisotopic (exact) mass is 413 g/mol. The summed E-state index contributed by atoms with van der Waals surface area (Å²) in [4.78, 5) is 21.0. The Morgan fingerprint density at radius 2 is 1.70 bits per heavy atom. The molecule has 3 rings (SSSR count). The Kier molecular flexibility index (Phi) is 5.09. The van der Waals surface area contributed by atoms with Gasteiger partial charge in [0.15, 0.2) is 0 Å². The first-order valence-electron chi connectivity index (χ1n) is 7.16. The summed E-state index contributed by atoms with van der Waals surface area (Å²) in [7, 11) is 0. The van der Waals surface area contributed by atoms with E-state index in [0.717, 1.165) is 23.4 Å². The molecule has 1 aliphatic rings. The molecule has 0 radical (unpaired) electrons. The van der Waals surface area contributed by atoms with Gasteiger partial charge in [0.1, 0.15) is 5.82 Å². The van der Waals surface area contributed by atoms with Crippen molar-refractivity contribution in [3.05, 3.63) is 56.6 Å². The van der Waals surface area contributed by atoms with Gasteiger partial charge in [-0.25, -0.2) is 4.98 Å². The SMILES string of the molecule is O=C(c1c(Cl)cccc1Cl)N1CCN(c2ccc(Br)cn2)CC1. The zero-order valence-electron chi connectivity index (χ0n) is 12.2. The smallest absolute Gasteiger partial charge is 0.257 e. The first-order valence-corrected chi connectivity index (χ1v) is 8.71. The molecule has 0 bridgehead atoms. The van der Waals surface area contributed by atoms with Crippen molar-refractivity contribution in [2.75, 3.05) is 31.1 Å². The summed E-state index contributed by atoms with van der Waals surface area (Å²) in [6.07, 6.45) is 1.77. The lowest BCUT2D eigenvalue weighted by Gasteiger charge is -2.35. The number of benzene rings is 1. The van der Waals surface area contributed by atoms with Gasteiger partial charge in [0.2, 0.25) is 0 Å². The average Bonchev–Trinajstić information content (AvgIpc) is 2.55. The van der Waals surface area contributed by atoms with E-state index < -0.39 is 0 Å². The quantitative estimate of drug-likeness (QED) is 0.741. The van der Waals surface area contributed by atoms with Crippen molar-refractivity contribution in [2.45, 2.75) is 0 Å². The van der Waals surface area contributed by atoms with Gasteiger partial charge in [0.05, 0.1) is 15.6 Å². The van der Waals surface area contributed by atoms with Gasteiger partial charge in [-0.1, -0.05) is 29.3 Å². The maximum Gasteiger partial charge on any atom is 0.257 e. The fraction of sp³-hybridized carbons (Fsp3) is 0.250. The Bertz CT molecular complexity index is 696. The highest BCUT2D eigenvalue weighted by molar-refractivity contribution is 9.10. The van der Waals surface area contributed by atoms with Gasteiger partial charge in [-0.2, -0.15) is 0 Å². The molecule has 0 spiro atoms. The summed E-state index contributed by atoms with van der Waals surface area (Å²) < 4.78 is 0.948. The van der Waals surface area contributed by atoms with Crippen LogP contribution in [0.25, 0.3) is 0 Å². The Hall–Kier alpha value is -1.30. The van der Waals surface area contributed by atoms with Gasteiger partial charge in [-0.3, -0.25) is 4.79 Å². The van der Waals surface area contributed by atoms with Crippen LogP contribution < -0.4 is 4.90 Å². The van der Waals surface area contributed by atoms with E-state index >= 15 is 0 Å². The lowest BCUT2D eigenvalue weighted by molar-refractivity contribution is 0.0747. The summed E-state index contributed by atoms with van der Waals surface area (Å²) in [5.74, 6) is 0.792. The molecule has 0 aliphatic carbocycles. The van der Waals surface area contributed by atoms with Crippen molar-refractivity contribution in [1.29, 1.82) is 0 Å². The van der Waals surface area contributed by atoms with Crippen LogP contribution in [0.4, 0.5) is 5.82 Å². The Morgan fingerprint density at radius 3 is 2.26 bits per heavy atom. The van der Waals surface area contributed by atoms with Crippen molar-refractivity contribution >= 4 is 50.9 Å². The molecule has 23 heavy (non-hydrogen) atoms. The number of pyridine rings is 1. The molecule has 0 saturated carbocycles. The van der Waals surface area contributed by atoms with Crippen molar-refractivity contribution in [2.24, 2.45) is 0 Å². The van der Waals surface area contributed by atoms with Crippen LogP contribution in [0, 0.1) is 0 Å². The number of nitrogens with zero attached hydrogens (tertiary/aromatic N) is 3. The van der Waals surface area contributed by atoms with Gasteiger partial charge in [0.25, 0.3) is 5.91 Å². The molecule has 0 unspecified atom stereocenters. The third-order valence-electron chi connectivity index (χ3n) is 3.78. The normalized spacial score (nSPS) is 14.9. The molecule has 0 N–H and O–H groups in total. The topological polar surface area (TPSA) is 36.4 Å². The van der Waals surface area contributed by atoms with E-state index in [1.807, 2.05) is 12.1 Å². The predicted octanol–water partition coefficient (Wildman–Crippen LogP) is 4.11. The minimum Gasteiger partial charge on any atom is -0.353 e. The van der Waals surface area contributed by atoms with Gasteiger partial charge in [0, 0.05) is 36.8 Å². The third kappa shape index (κ3) is 3.62. The Labute approximate surface area is 153 Å². The van der Waals surface area contributed by atoms with Crippen LogP contribution in [-0.2, 0) is 0 Å². The second-order valence-corrected chi connectivity index (χ2v) is 6.94. The number of hydrogen-bond donors (Lipinski definition) is 0. The highest BCUT2D eigenvalue weighted by Crippen LogP contribution is 2.26. The number of carbonyl (C=O) groups is 1. The molecule has 1 aliphatic heterocycles. The summed E-state index contributed by atoms with van der Waals surface area (Å²) in [6.45, 7) is 2.67. The lowest BCUT2D eigenvalue weighted by Crippen LogP contribution is -2.49. The number of carbonyl (C=O) groups excluding carboxylic acids is 1. The van der Waals surface area contributed by atoms with E-state index in [0.29, 0.717) is 28.7 Å². The van der Waals surface area contributed by atoms with Crippen molar-refractivity contribution in [1.82, 2.24) is 9.88 Å². The van der Waals surface area contributed by atoms with Crippen molar-refractivity contribution in [3.63, 3.8) is 0 Å². The van der Waals surface area contributed by atoms with Crippen LogP contribution in [0.15, 0.2) is 41.0 Å². The van der Waals surface area contributed by atoms with E-state index in [-0.39, 0.29) is 5.91 Å². The summed E-state index contributed by atoms with van der Waals surface area (Å²) in [6, 6.07) is 9.03. The first kappa shape index (κ1) is 16.6. The molecule has 0 atom stereocenters. The number of piperazine rings is 1. The average molecular weight is 415 g/mol. The van der Waals surface area contributed by atoms with Crippen molar-refractivity contribution < 1.29 is 4.79 Å². The first-order chi connectivity index (χ1) is 11.1. The fourth-order valence-electron chi connectivity index (χ4n) is 2.55. The molecule has 1 amide bonds. The third-order valence-corrected chi connectivity index (χ3v) is 4.88. The zero-order chi connectivity index (χ0) is 16.4. The molecule has 1 fully saturated rings. The van der Waals surface area contributed by atoms with Gasteiger partial charge in [-0.05, 0) is 40.2 Å². The van der Waals surface area contributed by atoms with E-state index in [1.54, 1.807) is 29.3 Å². The van der Waals surface area contributed by atoms with Gasteiger partial charge < -0.3 is 9.80 Å². The predicted molar refractivity (Wildman–Crippen MR) is 96.5 cm³/mol. The molecule has 2 heterocycles. The van der Waals surface area contributed by atoms with Crippen LogP contribution >= 0.6 is 39.1 Å². The molecular weight excluding hydrogens is 401 g/mol. The van der Waals surface area contributed by atoms with Gasteiger partial charge >= 0.3 is 0 Å². The van der Waals surface area contributed by atoms with E-state index in [1.165, 1.54) is 0 Å². The maximum atomic E-state index is 12.6. The maximum absolute atomic E-state index is 12.6. The molecule has 1 aromatic carbocycles. The van der Waals surface area contributed by atoms with Gasteiger partial charge in [-0.15, -0.1) is 0 Å². The van der Waals surface area contributed by atoms with E-state index in [2.05, 4.69) is 25.8 Å². The number of aromatic nitrogens is 1. The van der Waals surface area contributed by atoms with Crippen LogP contribution in [0.2, 0.25) is 10.0 Å². The summed E-state index contributed by atoms with van der Waals surface area (Å²) >= 11 is 15.6. The number of rotatable bonds is 2. The second kappa shape index (κ2) is 7.07. The number of halogens is 3. The molecule has 120 valence electrons. The molecular formula is C16H14BrCl2N3O. The van der Waals surface area contributed by atoms with Crippen molar-refractivity contribution in [3.8, 4) is 0 Å². The molecule has 2 aromatic rings. The Morgan fingerprint density at radius 1 is 1.04 bits per heavy atom. The summed E-state index contributed by atoms with van der Waals surface area (Å²) in [5, 5.41) is 0.777. The van der Waals surface area contributed by atoms with Crippen LogP contribution in [0.5, 0.6) is 0 Å². The fourth-order valence-corrected chi connectivity index (χ4v) is 3.35. The summed E-state index contributed by atoms with van der Waals surface area (Å²) in [5.41, 5.74) is 0.381. The minimum atomic E-state index is -0.121. The largest absolute Gasteiger partial charge is 0.353 e. The van der Waals surface area contributed by atoms with Crippen LogP contribution in [-0.4, -0.2) is 42.0 Å². The number of anilines is 1. The molecule has 1 saturated heterocycles. The van der Waals surface area contributed by atoms with E-state index in [9.17, 15) is 4.79 Å². The standard InChI is InChI=1S/C16H14BrCl2N3O/c17-11-4-5-14(20-10-11)21-6-8-22(9-7-21)16(23)15-12(18)2-1-3-13(15)19/h1-5,10H,6-9H2. The molecule has 7 heteroatoms. The highest BCUT2D eigenvalue weighted by Gasteiger charge is 2.25. The highest BCUT2D eigenvalue weighted by atomic mass is 79.9. The zero-order valence-corrected chi connectivity index (χ0v) is 15.3. The number of hydrogen-bond acceptors (Lipinski definition) is 3. The lowest BCUT2D eigenvalue weighted by atomic mass is 10.1. The Balaban J connectivity index is 1.69. The molecule has 1 aromatic heterocycles. The second-order valence-electron chi connectivity index (χ2n) is 5.21. The minimum absolute atomic E-state index is 0.121. The van der Waals surface area contributed by atoms with Crippen LogP contribution in [0.3, 0.4) is 0 Å².